The first-order valence-corrected chi connectivity index (χ1v) is 7.22. The molecule has 1 aromatic carbocycles. The van der Waals surface area contributed by atoms with Crippen molar-refractivity contribution in [1.29, 1.82) is 0 Å². The molecule has 0 aliphatic carbocycles. The third-order valence-electron chi connectivity index (χ3n) is 3.38. The zero-order valence-electron chi connectivity index (χ0n) is 13.4. The maximum absolute atomic E-state index is 12.6. The summed E-state index contributed by atoms with van der Waals surface area (Å²) in [5, 5.41) is 3.11. The van der Waals surface area contributed by atoms with Gasteiger partial charge in [0.25, 0.3) is 5.91 Å². The number of nitrogens with one attached hydrogen (secondary N) is 1. The molecule has 4 heteroatoms. The van der Waals surface area contributed by atoms with E-state index in [1.54, 1.807) is 0 Å². The molecule has 1 rings (SSSR count). The molecule has 0 unspecified atom stereocenters. The quantitative estimate of drug-likeness (QED) is 0.831. The number of carbonyl (C=O) groups is 1. The molecule has 112 valence electrons. The Balaban J connectivity index is 2.80. The van der Waals surface area contributed by atoms with Crippen LogP contribution in [0.1, 0.15) is 29.3 Å². The summed E-state index contributed by atoms with van der Waals surface area (Å²) in [5.41, 5.74) is 2.81. The van der Waals surface area contributed by atoms with Crippen LogP contribution < -0.4 is 5.32 Å². The highest BCUT2D eigenvalue weighted by Crippen LogP contribution is 2.19. The highest BCUT2D eigenvalue weighted by Gasteiger charge is 2.17. The average molecular weight is 277 g/mol. The van der Waals surface area contributed by atoms with Gasteiger partial charge in [0.05, 0.1) is 5.56 Å². The van der Waals surface area contributed by atoms with Crippen LogP contribution in [0, 0.1) is 6.92 Å². The van der Waals surface area contributed by atoms with E-state index in [-0.39, 0.29) is 5.91 Å². The number of nitrogens with zero attached hydrogens (tertiary/aromatic N) is 2. The molecule has 0 aromatic heterocycles. The predicted octanol–water partition coefficient (Wildman–Crippen LogP) is 2.45. The second-order valence-corrected chi connectivity index (χ2v) is 5.34. The molecule has 0 aliphatic rings. The molecule has 0 bridgehead atoms. The van der Waals surface area contributed by atoms with Crippen molar-refractivity contribution in [3.8, 4) is 0 Å². The fourth-order valence-electron chi connectivity index (χ4n) is 2.20. The molecule has 0 aliphatic heterocycles. The van der Waals surface area contributed by atoms with E-state index in [1.165, 1.54) is 0 Å². The van der Waals surface area contributed by atoms with Gasteiger partial charge in [-0.2, -0.15) is 0 Å². The van der Waals surface area contributed by atoms with Crippen molar-refractivity contribution >= 4 is 11.6 Å². The first kappa shape index (κ1) is 16.5. The number of amides is 1. The lowest BCUT2D eigenvalue weighted by molar-refractivity contribution is 0.0760. The van der Waals surface area contributed by atoms with E-state index in [2.05, 4.69) is 24.3 Å². The second-order valence-electron chi connectivity index (χ2n) is 5.34. The van der Waals surface area contributed by atoms with Gasteiger partial charge in [0, 0.05) is 25.8 Å². The second kappa shape index (κ2) is 7.90. The van der Waals surface area contributed by atoms with Crippen molar-refractivity contribution in [2.24, 2.45) is 0 Å². The summed E-state index contributed by atoms with van der Waals surface area (Å²) in [4.78, 5) is 16.7. The van der Waals surface area contributed by atoms with Crippen molar-refractivity contribution in [1.82, 2.24) is 9.80 Å². The molecular weight excluding hydrogens is 250 g/mol. The Morgan fingerprint density at radius 1 is 1.25 bits per heavy atom. The van der Waals surface area contributed by atoms with Crippen LogP contribution in [-0.2, 0) is 0 Å². The Morgan fingerprint density at radius 3 is 2.50 bits per heavy atom. The first-order valence-electron chi connectivity index (χ1n) is 7.22. The summed E-state index contributed by atoms with van der Waals surface area (Å²) in [5.74, 6) is 0.107. The van der Waals surface area contributed by atoms with Gasteiger partial charge < -0.3 is 15.1 Å². The molecule has 0 spiro atoms. The maximum atomic E-state index is 12.6. The number of aryl methyl sites for hydroxylation is 1. The topological polar surface area (TPSA) is 35.6 Å². The molecule has 4 nitrogen and oxygen atoms in total. The van der Waals surface area contributed by atoms with Crippen LogP contribution in [0.2, 0.25) is 0 Å². The first-order chi connectivity index (χ1) is 9.49. The largest absolute Gasteiger partial charge is 0.387 e. The lowest BCUT2D eigenvalue weighted by atomic mass is 10.1. The third kappa shape index (κ3) is 4.53. The van der Waals surface area contributed by atoms with E-state index < -0.39 is 0 Å². The fourth-order valence-corrected chi connectivity index (χ4v) is 2.20. The van der Waals surface area contributed by atoms with Crippen molar-refractivity contribution in [3.63, 3.8) is 0 Å². The highest BCUT2D eigenvalue weighted by molar-refractivity contribution is 5.99. The third-order valence-corrected chi connectivity index (χ3v) is 3.38. The average Bonchev–Trinajstić information content (AvgIpc) is 2.42. The molecule has 1 amide bonds. The highest BCUT2D eigenvalue weighted by atomic mass is 16.2. The minimum Gasteiger partial charge on any atom is -0.387 e. The number of hydrogen-bond acceptors (Lipinski definition) is 3. The van der Waals surface area contributed by atoms with Gasteiger partial charge in [0.2, 0.25) is 0 Å². The van der Waals surface area contributed by atoms with E-state index in [9.17, 15) is 4.79 Å². The summed E-state index contributed by atoms with van der Waals surface area (Å²) in [6.07, 6.45) is 0.993. The van der Waals surface area contributed by atoms with Crippen LogP contribution in [0.15, 0.2) is 18.2 Å². The molecule has 0 saturated carbocycles. The molecule has 0 heterocycles. The molecule has 0 saturated heterocycles. The minimum absolute atomic E-state index is 0.107. The number of rotatable bonds is 7. The van der Waals surface area contributed by atoms with Gasteiger partial charge in [-0.3, -0.25) is 4.79 Å². The van der Waals surface area contributed by atoms with Gasteiger partial charge in [0.1, 0.15) is 0 Å². The number of anilines is 1. The number of benzene rings is 1. The Hall–Kier alpha value is -1.55. The van der Waals surface area contributed by atoms with E-state index in [0.717, 1.165) is 42.9 Å². The van der Waals surface area contributed by atoms with E-state index >= 15 is 0 Å². The normalized spacial score (nSPS) is 10.7. The predicted molar refractivity (Wildman–Crippen MR) is 85.5 cm³/mol. The molecular formula is C16H27N3O. The SMILES string of the molecule is CCN(CCCN(C)C)C(=O)c1ccc(C)cc1NC. The number of carbonyl (C=O) groups excluding carboxylic acids is 1. The van der Waals surface area contributed by atoms with Gasteiger partial charge in [-0.05, 0) is 58.6 Å². The maximum Gasteiger partial charge on any atom is 0.255 e. The standard InChI is InChI=1S/C16H27N3O/c1-6-19(11-7-10-18(4)5)16(20)14-9-8-13(2)12-15(14)17-3/h8-9,12,17H,6-7,10-11H2,1-5H3. The van der Waals surface area contributed by atoms with Crippen LogP contribution in [0.4, 0.5) is 5.69 Å². The lowest BCUT2D eigenvalue weighted by Gasteiger charge is -2.23. The molecule has 0 fully saturated rings. The van der Waals surface area contributed by atoms with E-state index in [1.807, 2.05) is 44.0 Å². The minimum atomic E-state index is 0.107. The van der Waals surface area contributed by atoms with Gasteiger partial charge in [-0.15, -0.1) is 0 Å². The number of hydrogen-bond donors (Lipinski definition) is 1. The zero-order chi connectivity index (χ0) is 15.1. The molecule has 0 radical (unpaired) electrons. The van der Waals surface area contributed by atoms with Crippen LogP contribution in [0.25, 0.3) is 0 Å². The van der Waals surface area contributed by atoms with Crippen molar-refractivity contribution in [2.45, 2.75) is 20.3 Å². The monoisotopic (exact) mass is 277 g/mol. The molecule has 20 heavy (non-hydrogen) atoms. The fraction of sp³-hybridized carbons (Fsp3) is 0.562. The summed E-state index contributed by atoms with van der Waals surface area (Å²) < 4.78 is 0. The summed E-state index contributed by atoms with van der Waals surface area (Å²) in [6.45, 7) is 6.59. The lowest BCUT2D eigenvalue weighted by Crippen LogP contribution is -2.33. The Morgan fingerprint density at radius 2 is 1.95 bits per heavy atom. The van der Waals surface area contributed by atoms with E-state index in [0.29, 0.717) is 0 Å². The Labute approximate surface area is 122 Å². The van der Waals surface area contributed by atoms with Gasteiger partial charge >= 0.3 is 0 Å². The summed E-state index contributed by atoms with van der Waals surface area (Å²) >= 11 is 0. The van der Waals surface area contributed by atoms with Crippen molar-refractivity contribution < 1.29 is 4.79 Å². The van der Waals surface area contributed by atoms with Crippen molar-refractivity contribution in [3.05, 3.63) is 29.3 Å². The van der Waals surface area contributed by atoms with Gasteiger partial charge in [0.15, 0.2) is 0 Å². The molecule has 0 atom stereocenters. The van der Waals surface area contributed by atoms with Crippen LogP contribution in [0.3, 0.4) is 0 Å². The smallest absolute Gasteiger partial charge is 0.255 e. The molecule has 1 aromatic rings. The van der Waals surface area contributed by atoms with Crippen LogP contribution in [0.5, 0.6) is 0 Å². The summed E-state index contributed by atoms with van der Waals surface area (Å²) in [7, 11) is 5.96. The molecule has 1 N–H and O–H groups in total. The Bertz CT molecular complexity index is 443. The zero-order valence-corrected chi connectivity index (χ0v) is 13.4. The van der Waals surface area contributed by atoms with Crippen LogP contribution >= 0.6 is 0 Å². The van der Waals surface area contributed by atoms with E-state index in [4.69, 9.17) is 0 Å². The summed E-state index contributed by atoms with van der Waals surface area (Å²) in [6, 6.07) is 5.92. The van der Waals surface area contributed by atoms with Gasteiger partial charge in [-0.1, -0.05) is 6.07 Å². The van der Waals surface area contributed by atoms with Gasteiger partial charge in [-0.25, -0.2) is 0 Å². The Kier molecular flexibility index (Phi) is 6.52. The van der Waals surface area contributed by atoms with Crippen LogP contribution in [-0.4, -0.2) is 56.5 Å². The van der Waals surface area contributed by atoms with Crippen molar-refractivity contribution in [2.75, 3.05) is 46.1 Å².